The van der Waals surface area contributed by atoms with Crippen LogP contribution in [0, 0.1) is 13.8 Å². The van der Waals surface area contributed by atoms with Crippen LogP contribution in [0.25, 0.3) is 0 Å². The first-order chi connectivity index (χ1) is 22.0. The first-order valence-electron chi connectivity index (χ1n) is 15.4. The molecule has 0 saturated heterocycles. The molecule has 0 aliphatic heterocycles. The molecule has 242 valence electrons. The number of methoxy groups -OCH3 is 1. The quantitative estimate of drug-likeness (QED) is 0.181. The molecule has 0 unspecified atom stereocenters. The van der Waals surface area contributed by atoms with Crippen molar-refractivity contribution in [3.05, 3.63) is 125 Å². The molecule has 4 rings (SSSR count). The topological polar surface area (TPSA) is 96.0 Å². The minimum absolute atomic E-state index is 0.0630. The fourth-order valence-electron chi connectivity index (χ4n) is 5.31. The molecular weight excluding hydrogens is 598 g/mol. The number of ether oxygens (including phenoxy) is 1. The van der Waals surface area contributed by atoms with Crippen molar-refractivity contribution in [3.63, 3.8) is 0 Å². The second-order valence-electron chi connectivity index (χ2n) is 11.6. The lowest BCUT2D eigenvalue weighted by atomic mass is 10.0. The van der Waals surface area contributed by atoms with Crippen LogP contribution < -0.4 is 14.4 Å². The average Bonchev–Trinajstić information content (AvgIpc) is 3.05. The minimum Gasteiger partial charge on any atom is -0.497 e. The van der Waals surface area contributed by atoms with Crippen LogP contribution in [0.15, 0.2) is 108 Å². The molecule has 4 aromatic rings. The Morgan fingerprint density at radius 2 is 1.43 bits per heavy atom. The van der Waals surface area contributed by atoms with E-state index in [2.05, 4.69) is 5.32 Å². The molecule has 8 nitrogen and oxygen atoms in total. The Morgan fingerprint density at radius 1 is 0.826 bits per heavy atom. The Labute approximate surface area is 273 Å². The molecular formula is C37H43N3O5S. The van der Waals surface area contributed by atoms with Crippen LogP contribution in [0.4, 0.5) is 5.69 Å². The highest BCUT2D eigenvalue weighted by Gasteiger charge is 2.35. The molecule has 0 saturated carbocycles. The molecule has 1 N–H and O–H groups in total. The van der Waals surface area contributed by atoms with Gasteiger partial charge in [0.1, 0.15) is 18.3 Å². The maximum absolute atomic E-state index is 14.6. The van der Waals surface area contributed by atoms with Crippen LogP contribution >= 0.6 is 0 Å². The van der Waals surface area contributed by atoms with E-state index >= 15 is 0 Å². The molecule has 4 aromatic carbocycles. The van der Waals surface area contributed by atoms with Crippen molar-refractivity contribution >= 4 is 27.5 Å². The number of carbonyl (C=O) groups excluding carboxylic acids is 2. The van der Waals surface area contributed by atoms with Crippen molar-refractivity contribution in [1.29, 1.82) is 0 Å². The number of nitrogens with one attached hydrogen (secondary N) is 1. The smallest absolute Gasteiger partial charge is 0.264 e. The van der Waals surface area contributed by atoms with E-state index in [4.69, 9.17) is 4.74 Å². The van der Waals surface area contributed by atoms with Gasteiger partial charge in [0.25, 0.3) is 10.0 Å². The third kappa shape index (κ3) is 8.75. The molecule has 0 aromatic heterocycles. The SMILES string of the molecule is CC[C@H](C)NC(=O)[C@H](Cc1ccccc1)N(Cc1cccc(OC)c1)C(=O)CN(c1cc(C)cc(C)c1)S(=O)(=O)c1ccccc1. The van der Waals surface area contributed by atoms with Crippen LogP contribution in [0.5, 0.6) is 5.75 Å². The number of rotatable bonds is 14. The lowest BCUT2D eigenvalue weighted by molar-refractivity contribution is -0.140. The molecule has 46 heavy (non-hydrogen) atoms. The summed E-state index contributed by atoms with van der Waals surface area (Å²) in [5.41, 5.74) is 3.71. The van der Waals surface area contributed by atoms with Crippen LogP contribution in [0.2, 0.25) is 0 Å². The Hall–Kier alpha value is -4.63. The summed E-state index contributed by atoms with van der Waals surface area (Å²) in [5, 5.41) is 3.06. The van der Waals surface area contributed by atoms with Gasteiger partial charge in [-0.3, -0.25) is 13.9 Å². The van der Waals surface area contributed by atoms with Gasteiger partial charge >= 0.3 is 0 Å². The zero-order valence-corrected chi connectivity index (χ0v) is 28.0. The van der Waals surface area contributed by atoms with E-state index in [-0.39, 0.29) is 29.8 Å². The van der Waals surface area contributed by atoms with Gasteiger partial charge in [-0.1, -0.05) is 73.7 Å². The van der Waals surface area contributed by atoms with Gasteiger partial charge < -0.3 is 15.0 Å². The maximum atomic E-state index is 14.6. The summed E-state index contributed by atoms with van der Waals surface area (Å²) in [7, 11) is -2.60. The predicted octanol–water partition coefficient (Wildman–Crippen LogP) is 6.06. The molecule has 0 spiro atoms. The van der Waals surface area contributed by atoms with Crippen LogP contribution in [0.3, 0.4) is 0 Å². The van der Waals surface area contributed by atoms with E-state index in [1.165, 1.54) is 17.0 Å². The van der Waals surface area contributed by atoms with E-state index in [1.54, 1.807) is 43.5 Å². The number of sulfonamides is 1. The minimum atomic E-state index is -4.16. The van der Waals surface area contributed by atoms with Crippen molar-refractivity contribution in [2.75, 3.05) is 18.0 Å². The van der Waals surface area contributed by atoms with E-state index < -0.39 is 28.5 Å². The zero-order valence-electron chi connectivity index (χ0n) is 27.1. The molecule has 0 bridgehead atoms. The fourth-order valence-corrected chi connectivity index (χ4v) is 6.72. The van der Waals surface area contributed by atoms with Crippen LogP contribution in [-0.4, -0.2) is 50.9 Å². The van der Waals surface area contributed by atoms with Gasteiger partial charge in [-0.2, -0.15) is 0 Å². The van der Waals surface area contributed by atoms with Crippen molar-refractivity contribution in [3.8, 4) is 5.75 Å². The number of anilines is 1. The third-order valence-corrected chi connectivity index (χ3v) is 9.65. The van der Waals surface area contributed by atoms with Gasteiger partial charge in [-0.15, -0.1) is 0 Å². The van der Waals surface area contributed by atoms with E-state index in [1.807, 2.05) is 82.3 Å². The van der Waals surface area contributed by atoms with E-state index in [9.17, 15) is 18.0 Å². The third-order valence-electron chi connectivity index (χ3n) is 7.86. The van der Waals surface area contributed by atoms with Crippen molar-refractivity contribution < 1.29 is 22.7 Å². The lowest BCUT2D eigenvalue weighted by Crippen LogP contribution is -2.54. The molecule has 0 heterocycles. The van der Waals surface area contributed by atoms with Crippen molar-refractivity contribution in [2.45, 2.75) is 64.1 Å². The molecule has 9 heteroatoms. The largest absolute Gasteiger partial charge is 0.497 e. The number of benzene rings is 4. The predicted molar refractivity (Wildman–Crippen MR) is 182 cm³/mol. The zero-order chi connectivity index (χ0) is 33.3. The number of carbonyl (C=O) groups is 2. The Balaban J connectivity index is 1.83. The van der Waals surface area contributed by atoms with Gasteiger partial charge in [0.2, 0.25) is 11.8 Å². The summed E-state index contributed by atoms with van der Waals surface area (Å²) < 4.78 is 35.0. The molecule has 0 radical (unpaired) electrons. The summed E-state index contributed by atoms with van der Waals surface area (Å²) in [6, 6.07) is 29.3. The highest BCUT2D eigenvalue weighted by atomic mass is 32.2. The first-order valence-corrected chi connectivity index (χ1v) is 16.9. The number of nitrogens with zero attached hydrogens (tertiary/aromatic N) is 2. The molecule has 0 aliphatic carbocycles. The average molecular weight is 642 g/mol. The van der Waals surface area contributed by atoms with Gasteiger partial charge in [0.05, 0.1) is 17.7 Å². The monoisotopic (exact) mass is 641 g/mol. The molecule has 2 atom stereocenters. The molecule has 0 aliphatic rings. The Bertz CT molecular complexity index is 1710. The van der Waals surface area contributed by atoms with Gasteiger partial charge in [0, 0.05) is 19.0 Å². The summed E-state index contributed by atoms with van der Waals surface area (Å²) in [6.07, 6.45) is 0.956. The van der Waals surface area contributed by atoms with Gasteiger partial charge in [0.15, 0.2) is 0 Å². The Morgan fingerprint density at radius 3 is 2.04 bits per heavy atom. The number of aryl methyl sites for hydroxylation is 2. The lowest BCUT2D eigenvalue weighted by Gasteiger charge is -2.34. The molecule has 2 amide bonds. The van der Waals surface area contributed by atoms with E-state index in [0.29, 0.717) is 17.9 Å². The van der Waals surface area contributed by atoms with E-state index in [0.717, 1.165) is 26.6 Å². The maximum Gasteiger partial charge on any atom is 0.264 e. The number of hydrogen-bond donors (Lipinski definition) is 1. The van der Waals surface area contributed by atoms with Gasteiger partial charge in [-0.05, 0) is 85.8 Å². The second-order valence-corrected chi connectivity index (χ2v) is 13.4. The van der Waals surface area contributed by atoms with Gasteiger partial charge in [-0.25, -0.2) is 8.42 Å². The molecule has 0 fully saturated rings. The summed E-state index contributed by atoms with van der Waals surface area (Å²) >= 11 is 0. The summed E-state index contributed by atoms with van der Waals surface area (Å²) in [6.45, 7) is 7.22. The normalized spacial score (nSPS) is 12.5. The standard InChI is InChI=1S/C37H43N3O5S/c1-6-29(4)38-37(42)35(24-30-14-9-7-10-15-30)39(25-31-16-13-17-33(23-31)45-5)36(41)26-40(32-21-27(2)20-28(3)22-32)46(43,44)34-18-11-8-12-19-34/h7-23,29,35H,6,24-26H2,1-5H3,(H,38,42)/t29-,35-/m0/s1. The van der Waals surface area contributed by atoms with Crippen LogP contribution in [0.1, 0.15) is 42.5 Å². The highest BCUT2D eigenvalue weighted by Crippen LogP contribution is 2.27. The first kappa shape index (κ1) is 34.2. The van der Waals surface area contributed by atoms with Crippen molar-refractivity contribution in [2.24, 2.45) is 0 Å². The Kier molecular flexibility index (Phi) is 11.6. The van der Waals surface area contributed by atoms with Crippen LogP contribution in [-0.2, 0) is 32.6 Å². The number of amides is 2. The fraction of sp³-hybridized carbons (Fsp3) is 0.297. The van der Waals surface area contributed by atoms with Crippen molar-refractivity contribution in [1.82, 2.24) is 10.2 Å². The summed E-state index contributed by atoms with van der Waals surface area (Å²) in [4.78, 5) is 30.2. The second kappa shape index (κ2) is 15.6. The summed E-state index contributed by atoms with van der Waals surface area (Å²) in [5.74, 6) is -0.211. The highest BCUT2D eigenvalue weighted by molar-refractivity contribution is 7.92. The number of hydrogen-bond acceptors (Lipinski definition) is 5.